The molecule has 0 radical (unpaired) electrons. The highest BCUT2D eigenvalue weighted by Crippen LogP contribution is 2.11. The number of sulfonamides is 1. The summed E-state index contributed by atoms with van der Waals surface area (Å²) < 4.78 is 25.5. The maximum Gasteiger partial charge on any atom is 0.212 e. The van der Waals surface area contributed by atoms with E-state index in [1.807, 2.05) is 0 Å². The summed E-state index contributed by atoms with van der Waals surface area (Å²) in [5.74, 6) is -0.105. The molecule has 0 aromatic carbocycles. The van der Waals surface area contributed by atoms with Crippen LogP contribution in [0.5, 0.6) is 0 Å². The molecule has 1 atom stereocenters. The Balaban J connectivity index is 4.88. The Kier molecular flexibility index (Phi) is 5.02. The number of oxime groups is 1. The van der Waals surface area contributed by atoms with Crippen LogP contribution in [-0.2, 0) is 10.0 Å². The lowest BCUT2D eigenvalue weighted by Gasteiger charge is -2.27. The van der Waals surface area contributed by atoms with Crippen LogP contribution < -0.4 is 10.5 Å². The molecule has 90 valence electrons. The first-order valence-corrected chi connectivity index (χ1v) is 6.46. The van der Waals surface area contributed by atoms with Gasteiger partial charge in [0.15, 0.2) is 5.84 Å². The second-order valence-corrected chi connectivity index (χ2v) is 5.43. The second-order valence-electron chi connectivity index (χ2n) is 3.59. The average Bonchev–Trinajstić information content (AvgIpc) is 2.15. The summed E-state index contributed by atoms with van der Waals surface area (Å²) in [6.07, 6.45) is 0.928. The topological polar surface area (TPSA) is 105 Å². The van der Waals surface area contributed by atoms with E-state index in [1.54, 1.807) is 20.8 Å². The third kappa shape index (κ3) is 4.05. The van der Waals surface area contributed by atoms with Gasteiger partial charge in [-0.25, -0.2) is 13.1 Å². The number of nitrogens with two attached hydrogens (primary N) is 1. The molecule has 1 unspecified atom stereocenters. The summed E-state index contributed by atoms with van der Waals surface area (Å²) in [4.78, 5) is 0. The van der Waals surface area contributed by atoms with Crippen molar-refractivity contribution in [1.82, 2.24) is 4.72 Å². The van der Waals surface area contributed by atoms with Crippen molar-refractivity contribution in [3.05, 3.63) is 0 Å². The lowest BCUT2D eigenvalue weighted by molar-refractivity contribution is 0.310. The lowest BCUT2D eigenvalue weighted by Crippen LogP contribution is -2.55. The lowest BCUT2D eigenvalue weighted by atomic mass is 10.00. The highest BCUT2D eigenvalue weighted by atomic mass is 32.2. The van der Waals surface area contributed by atoms with Crippen molar-refractivity contribution in [3.8, 4) is 0 Å². The molecule has 0 saturated carbocycles. The summed E-state index contributed by atoms with van der Waals surface area (Å²) in [5, 5.41) is 11.4. The fourth-order valence-electron chi connectivity index (χ4n) is 1.08. The van der Waals surface area contributed by atoms with Crippen LogP contribution in [0.2, 0.25) is 0 Å². The molecule has 0 fully saturated rings. The Morgan fingerprint density at radius 1 is 1.53 bits per heavy atom. The zero-order valence-electron chi connectivity index (χ0n) is 9.32. The van der Waals surface area contributed by atoms with Gasteiger partial charge in [0.05, 0.1) is 11.3 Å². The zero-order valence-corrected chi connectivity index (χ0v) is 10.1. The van der Waals surface area contributed by atoms with Crippen molar-refractivity contribution in [1.29, 1.82) is 0 Å². The van der Waals surface area contributed by atoms with Gasteiger partial charge in [-0.2, -0.15) is 0 Å². The van der Waals surface area contributed by atoms with Crippen LogP contribution in [0.3, 0.4) is 0 Å². The number of rotatable bonds is 6. The van der Waals surface area contributed by atoms with E-state index in [9.17, 15) is 8.42 Å². The predicted octanol–water partition coefficient (Wildman–Crippen LogP) is 0.231. The summed E-state index contributed by atoms with van der Waals surface area (Å²) in [7, 11) is -3.38. The van der Waals surface area contributed by atoms with Crippen LogP contribution in [0, 0.1) is 0 Å². The molecule has 0 aliphatic carbocycles. The quantitative estimate of drug-likeness (QED) is 0.266. The number of hydrogen-bond donors (Lipinski definition) is 3. The van der Waals surface area contributed by atoms with Gasteiger partial charge in [-0.05, 0) is 19.8 Å². The van der Waals surface area contributed by atoms with Gasteiger partial charge < -0.3 is 10.9 Å². The van der Waals surface area contributed by atoms with Crippen molar-refractivity contribution in [2.75, 3.05) is 5.75 Å². The van der Waals surface area contributed by atoms with Gasteiger partial charge in [-0.3, -0.25) is 0 Å². The van der Waals surface area contributed by atoms with E-state index in [2.05, 4.69) is 9.88 Å². The molecule has 15 heavy (non-hydrogen) atoms. The smallest absolute Gasteiger partial charge is 0.212 e. The van der Waals surface area contributed by atoms with Crippen LogP contribution in [0.4, 0.5) is 0 Å². The third-order valence-electron chi connectivity index (χ3n) is 2.23. The fraction of sp³-hybridized carbons (Fsp3) is 0.875. The molecule has 0 rings (SSSR count). The molecule has 6 nitrogen and oxygen atoms in total. The molecule has 0 amide bonds. The Bertz CT molecular complexity index is 326. The molecular weight excluding hydrogens is 218 g/mol. The third-order valence-corrected chi connectivity index (χ3v) is 3.94. The molecule has 0 heterocycles. The highest BCUT2D eigenvalue weighted by Gasteiger charge is 2.32. The van der Waals surface area contributed by atoms with Gasteiger partial charge in [0.2, 0.25) is 10.0 Å². The van der Waals surface area contributed by atoms with Crippen molar-refractivity contribution >= 4 is 15.9 Å². The van der Waals surface area contributed by atoms with E-state index >= 15 is 0 Å². The highest BCUT2D eigenvalue weighted by molar-refractivity contribution is 7.89. The van der Waals surface area contributed by atoms with Gasteiger partial charge in [0.1, 0.15) is 0 Å². The van der Waals surface area contributed by atoms with Gasteiger partial charge in [0.25, 0.3) is 0 Å². The monoisotopic (exact) mass is 237 g/mol. The summed E-state index contributed by atoms with van der Waals surface area (Å²) in [6, 6.07) is 0. The van der Waals surface area contributed by atoms with E-state index < -0.39 is 15.6 Å². The molecular formula is C8H19N3O3S. The number of nitrogens with one attached hydrogen (secondary N) is 1. The Morgan fingerprint density at radius 2 is 2.07 bits per heavy atom. The van der Waals surface area contributed by atoms with E-state index in [0.29, 0.717) is 12.8 Å². The number of nitrogens with zero attached hydrogens (tertiary/aromatic N) is 1. The minimum atomic E-state index is -3.38. The summed E-state index contributed by atoms with van der Waals surface area (Å²) >= 11 is 0. The molecule has 0 aliphatic rings. The van der Waals surface area contributed by atoms with Gasteiger partial charge in [-0.15, -0.1) is 0 Å². The average molecular weight is 237 g/mol. The van der Waals surface area contributed by atoms with Crippen molar-refractivity contribution in [2.24, 2.45) is 10.9 Å². The molecule has 0 aromatic heterocycles. The van der Waals surface area contributed by atoms with Crippen LogP contribution in [-0.4, -0.2) is 30.8 Å². The van der Waals surface area contributed by atoms with E-state index in [0.717, 1.165) is 0 Å². The normalized spacial score (nSPS) is 17.4. The number of amidine groups is 1. The first kappa shape index (κ1) is 14.2. The Labute approximate surface area is 90.6 Å². The molecule has 4 N–H and O–H groups in total. The molecule has 7 heteroatoms. The van der Waals surface area contributed by atoms with Crippen molar-refractivity contribution in [3.63, 3.8) is 0 Å². The second kappa shape index (κ2) is 5.32. The minimum absolute atomic E-state index is 0.0291. The van der Waals surface area contributed by atoms with Gasteiger partial charge in [-0.1, -0.05) is 19.0 Å². The maximum atomic E-state index is 11.5. The Hall–Kier alpha value is -0.820. The van der Waals surface area contributed by atoms with Gasteiger partial charge in [0, 0.05) is 0 Å². The minimum Gasteiger partial charge on any atom is -0.409 e. The zero-order chi connectivity index (χ0) is 12.1. The van der Waals surface area contributed by atoms with E-state index in [4.69, 9.17) is 10.9 Å². The fourth-order valence-corrected chi connectivity index (χ4v) is 2.65. The summed E-state index contributed by atoms with van der Waals surface area (Å²) in [5.41, 5.74) is 4.41. The summed E-state index contributed by atoms with van der Waals surface area (Å²) in [6.45, 7) is 5.10. The maximum absolute atomic E-state index is 11.5. The van der Waals surface area contributed by atoms with Crippen LogP contribution in [0.25, 0.3) is 0 Å². The van der Waals surface area contributed by atoms with Gasteiger partial charge >= 0.3 is 0 Å². The predicted molar refractivity (Wildman–Crippen MR) is 59.3 cm³/mol. The largest absolute Gasteiger partial charge is 0.409 e. The molecule has 0 spiro atoms. The molecule has 0 bridgehead atoms. The Morgan fingerprint density at radius 3 is 2.40 bits per heavy atom. The standard InChI is InChI=1S/C8H19N3O3S/c1-4-6-15(13,14)11-8(3,5-2)7(9)10-12/h11-12H,4-6H2,1-3H3,(H2,9,10). The first-order valence-electron chi connectivity index (χ1n) is 4.81. The molecule has 0 aliphatic heterocycles. The van der Waals surface area contributed by atoms with E-state index in [1.165, 1.54) is 0 Å². The molecule has 0 aromatic rings. The van der Waals surface area contributed by atoms with Crippen molar-refractivity contribution in [2.45, 2.75) is 39.2 Å². The van der Waals surface area contributed by atoms with E-state index in [-0.39, 0.29) is 11.6 Å². The van der Waals surface area contributed by atoms with Crippen LogP contribution in [0.15, 0.2) is 5.16 Å². The van der Waals surface area contributed by atoms with Crippen molar-refractivity contribution < 1.29 is 13.6 Å². The SMILES string of the molecule is CCCS(=O)(=O)NC(C)(CC)/C(N)=N/O. The van der Waals surface area contributed by atoms with Crippen LogP contribution in [0.1, 0.15) is 33.6 Å². The molecule has 0 saturated heterocycles. The first-order chi connectivity index (χ1) is 6.81. The van der Waals surface area contributed by atoms with Crippen LogP contribution >= 0.6 is 0 Å². The number of hydrogen-bond acceptors (Lipinski definition) is 4.